The third kappa shape index (κ3) is 0.746. The van der Waals surface area contributed by atoms with Crippen LogP contribution in [0, 0.1) is 18.8 Å². The Morgan fingerprint density at radius 1 is 1.62 bits per heavy atom. The van der Waals surface area contributed by atoms with E-state index < -0.39 is 0 Å². The summed E-state index contributed by atoms with van der Waals surface area (Å²) in [6.45, 7) is 5.19. The highest BCUT2D eigenvalue weighted by molar-refractivity contribution is 5.26. The maximum absolute atomic E-state index is 5.24. The number of hydrogen-bond acceptors (Lipinski definition) is 4. The molecule has 70 valence electrons. The van der Waals surface area contributed by atoms with Gasteiger partial charge in [0.2, 0.25) is 5.89 Å². The smallest absolute Gasteiger partial charge is 0.247 e. The van der Waals surface area contributed by atoms with Crippen molar-refractivity contribution in [3.63, 3.8) is 0 Å². The van der Waals surface area contributed by atoms with Crippen molar-refractivity contribution < 1.29 is 4.52 Å². The number of aromatic nitrogens is 2. The van der Waals surface area contributed by atoms with E-state index in [0.717, 1.165) is 18.3 Å². The minimum Gasteiger partial charge on any atom is -0.337 e. The summed E-state index contributed by atoms with van der Waals surface area (Å²) < 4.78 is 5.24. The predicted molar refractivity (Wildman–Crippen MR) is 46.0 cm³/mol. The average Bonchev–Trinajstić information content (AvgIpc) is 2.60. The molecule has 2 fully saturated rings. The second-order valence-corrected chi connectivity index (χ2v) is 4.13. The van der Waals surface area contributed by atoms with Crippen molar-refractivity contribution in [1.29, 1.82) is 0 Å². The van der Waals surface area contributed by atoms with Gasteiger partial charge in [-0.3, -0.25) is 0 Å². The summed E-state index contributed by atoms with van der Waals surface area (Å²) in [6, 6.07) is 0. The topological polar surface area (TPSA) is 51.0 Å². The van der Waals surface area contributed by atoms with Crippen molar-refractivity contribution in [3.05, 3.63) is 11.7 Å². The summed E-state index contributed by atoms with van der Waals surface area (Å²) in [7, 11) is 0. The van der Waals surface area contributed by atoms with Gasteiger partial charge < -0.3 is 9.84 Å². The largest absolute Gasteiger partial charge is 0.337 e. The Kier molecular flexibility index (Phi) is 1.22. The molecule has 0 radical (unpaired) electrons. The molecule has 2 unspecified atom stereocenters. The van der Waals surface area contributed by atoms with Crippen LogP contribution in [-0.4, -0.2) is 16.7 Å². The standard InChI is InChI=1S/C9H13N3O/c1-5-7-3-4-10-9(5,7)8-11-6(2)12-13-8/h5,7,10H,3-4H2,1-2H3/t5-,7?,9?/m0/s1. The van der Waals surface area contributed by atoms with Gasteiger partial charge in [0, 0.05) is 0 Å². The summed E-state index contributed by atoms with van der Waals surface area (Å²) in [4.78, 5) is 4.32. The van der Waals surface area contributed by atoms with Gasteiger partial charge in [-0.05, 0) is 31.7 Å². The number of aryl methyl sites for hydroxylation is 1. The van der Waals surface area contributed by atoms with Crippen molar-refractivity contribution in [2.45, 2.75) is 25.8 Å². The molecule has 0 aromatic carbocycles. The van der Waals surface area contributed by atoms with E-state index in [-0.39, 0.29) is 5.54 Å². The van der Waals surface area contributed by atoms with Crippen LogP contribution in [0.25, 0.3) is 0 Å². The number of rotatable bonds is 1. The second-order valence-electron chi connectivity index (χ2n) is 4.13. The third-order valence-corrected chi connectivity index (χ3v) is 3.55. The summed E-state index contributed by atoms with van der Waals surface area (Å²) in [5.74, 6) is 2.89. The normalized spacial score (nSPS) is 42.0. The first kappa shape index (κ1) is 7.50. The first-order chi connectivity index (χ1) is 6.25. The van der Waals surface area contributed by atoms with E-state index in [4.69, 9.17) is 4.52 Å². The molecule has 3 rings (SSSR count). The van der Waals surface area contributed by atoms with Gasteiger partial charge in [-0.2, -0.15) is 4.98 Å². The molecule has 1 saturated carbocycles. The molecule has 0 amide bonds. The SMILES string of the molecule is Cc1noc(C23NCCC2[C@@H]3C)n1. The molecule has 4 nitrogen and oxygen atoms in total. The highest BCUT2D eigenvalue weighted by Crippen LogP contribution is 2.61. The van der Waals surface area contributed by atoms with Gasteiger partial charge in [0.25, 0.3) is 0 Å². The molecule has 2 aliphatic rings. The first-order valence-corrected chi connectivity index (χ1v) is 4.81. The van der Waals surface area contributed by atoms with Crippen molar-refractivity contribution in [2.24, 2.45) is 11.8 Å². The fourth-order valence-electron chi connectivity index (χ4n) is 2.75. The monoisotopic (exact) mass is 179 g/mol. The molecular formula is C9H13N3O. The minimum atomic E-state index is 0.0429. The van der Waals surface area contributed by atoms with Crippen LogP contribution >= 0.6 is 0 Å². The molecule has 1 saturated heterocycles. The van der Waals surface area contributed by atoms with Crippen LogP contribution in [0.15, 0.2) is 4.52 Å². The average molecular weight is 179 g/mol. The zero-order chi connectivity index (χ0) is 9.05. The molecule has 1 N–H and O–H groups in total. The lowest BCUT2D eigenvalue weighted by molar-refractivity contribution is 0.315. The van der Waals surface area contributed by atoms with E-state index in [9.17, 15) is 0 Å². The molecule has 0 bridgehead atoms. The van der Waals surface area contributed by atoms with Crippen LogP contribution in [0.4, 0.5) is 0 Å². The number of piperidine rings is 1. The summed E-state index contributed by atoms with van der Waals surface area (Å²) in [5.41, 5.74) is 0.0429. The Balaban J connectivity index is 2.01. The minimum absolute atomic E-state index is 0.0429. The zero-order valence-electron chi connectivity index (χ0n) is 7.87. The molecule has 1 aromatic rings. The fraction of sp³-hybridized carbons (Fsp3) is 0.778. The van der Waals surface area contributed by atoms with Crippen LogP contribution in [0.2, 0.25) is 0 Å². The molecule has 4 heteroatoms. The van der Waals surface area contributed by atoms with E-state index in [1.54, 1.807) is 0 Å². The quantitative estimate of drug-likeness (QED) is 0.693. The van der Waals surface area contributed by atoms with Crippen molar-refractivity contribution in [1.82, 2.24) is 15.5 Å². The Bertz CT molecular complexity index is 348. The van der Waals surface area contributed by atoms with E-state index in [1.165, 1.54) is 6.42 Å². The molecule has 1 aliphatic carbocycles. The summed E-state index contributed by atoms with van der Waals surface area (Å²) in [5, 5.41) is 7.33. The van der Waals surface area contributed by atoms with Crippen molar-refractivity contribution in [3.8, 4) is 0 Å². The summed E-state index contributed by atoms with van der Waals surface area (Å²) in [6.07, 6.45) is 1.24. The van der Waals surface area contributed by atoms with E-state index in [2.05, 4.69) is 22.4 Å². The second kappa shape index (κ2) is 2.12. The van der Waals surface area contributed by atoms with E-state index in [1.807, 2.05) is 6.92 Å². The lowest BCUT2D eigenvalue weighted by atomic mass is 10.2. The highest BCUT2D eigenvalue weighted by atomic mass is 16.5. The van der Waals surface area contributed by atoms with Gasteiger partial charge >= 0.3 is 0 Å². The molecular weight excluding hydrogens is 166 g/mol. The Hall–Kier alpha value is -0.900. The van der Waals surface area contributed by atoms with Crippen LogP contribution in [0.1, 0.15) is 25.1 Å². The van der Waals surface area contributed by atoms with Crippen molar-refractivity contribution in [2.75, 3.05) is 6.54 Å². The van der Waals surface area contributed by atoms with Crippen LogP contribution in [0.5, 0.6) is 0 Å². The Labute approximate surface area is 76.7 Å². The number of nitrogens with one attached hydrogen (secondary N) is 1. The van der Waals surface area contributed by atoms with Gasteiger partial charge in [-0.1, -0.05) is 12.1 Å². The van der Waals surface area contributed by atoms with Gasteiger partial charge in [-0.25, -0.2) is 0 Å². The molecule has 3 atom stereocenters. The Morgan fingerprint density at radius 2 is 2.46 bits per heavy atom. The number of hydrogen-bond donors (Lipinski definition) is 1. The molecule has 1 aromatic heterocycles. The number of nitrogens with zero attached hydrogens (tertiary/aromatic N) is 2. The van der Waals surface area contributed by atoms with Gasteiger partial charge in [0.15, 0.2) is 5.82 Å². The highest BCUT2D eigenvalue weighted by Gasteiger charge is 2.68. The maximum atomic E-state index is 5.24. The molecule has 2 heterocycles. The first-order valence-electron chi connectivity index (χ1n) is 4.81. The molecule has 13 heavy (non-hydrogen) atoms. The van der Waals surface area contributed by atoms with Crippen LogP contribution in [0.3, 0.4) is 0 Å². The van der Waals surface area contributed by atoms with E-state index >= 15 is 0 Å². The van der Waals surface area contributed by atoms with Gasteiger partial charge in [0.1, 0.15) is 5.54 Å². The Morgan fingerprint density at radius 3 is 3.00 bits per heavy atom. The lowest BCUT2D eigenvalue weighted by Crippen LogP contribution is -2.28. The number of fused-ring (bicyclic) bond motifs is 1. The van der Waals surface area contributed by atoms with Crippen LogP contribution in [-0.2, 0) is 5.54 Å². The molecule has 1 aliphatic heterocycles. The van der Waals surface area contributed by atoms with Crippen LogP contribution < -0.4 is 5.32 Å². The molecule has 0 spiro atoms. The van der Waals surface area contributed by atoms with Crippen molar-refractivity contribution >= 4 is 0 Å². The predicted octanol–water partition coefficient (Wildman–Crippen LogP) is 0.833. The van der Waals surface area contributed by atoms with Gasteiger partial charge in [0.05, 0.1) is 0 Å². The van der Waals surface area contributed by atoms with E-state index in [0.29, 0.717) is 11.8 Å². The third-order valence-electron chi connectivity index (χ3n) is 3.55. The fourth-order valence-corrected chi connectivity index (χ4v) is 2.75. The maximum Gasteiger partial charge on any atom is 0.247 e. The lowest BCUT2D eigenvalue weighted by Gasteiger charge is -2.08. The van der Waals surface area contributed by atoms with Gasteiger partial charge in [-0.15, -0.1) is 0 Å². The zero-order valence-corrected chi connectivity index (χ0v) is 7.87. The summed E-state index contributed by atoms with van der Waals surface area (Å²) >= 11 is 0.